The van der Waals surface area contributed by atoms with E-state index in [1.807, 2.05) is 0 Å². The summed E-state index contributed by atoms with van der Waals surface area (Å²) in [6.45, 7) is 3.69. The van der Waals surface area contributed by atoms with Gasteiger partial charge in [0.05, 0.1) is 18.0 Å². The summed E-state index contributed by atoms with van der Waals surface area (Å²) in [7, 11) is 1.58. The van der Waals surface area contributed by atoms with E-state index in [4.69, 9.17) is 16.3 Å². The third-order valence-corrected chi connectivity index (χ3v) is 3.75. The van der Waals surface area contributed by atoms with Crippen molar-refractivity contribution in [3.8, 4) is 0 Å². The Balaban J connectivity index is 2.02. The molecule has 1 aromatic rings. The highest BCUT2D eigenvalue weighted by molar-refractivity contribution is 6.32. The molecule has 2 heterocycles. The standard InChI is InChI=1S/C12H18ClN3O2/c1-3-10-8(4-5-18-10)6-14-9-7-15-16(2)12(17)11(9)13/h7-8,10,14H,3-6H2,1-2H3. The lowest BCUT2D eigenvalue weighted by molar-refractivity contribution is 0.0900. The lowest BCUT2D eigenvalue weighted by Gasteiger charge is -2.18. The van der Waals surface area contributed by atoms with Crippen molar-refractivity contribution in [3.05, 3.63) is 21.6 Å². The minimum absolute atomic E-state index is 0.194. The zero-order valence-electron chi connectivity index (χ0n) is 10.6. The molecular weight excluding hydrogens is 254 g/mol. The topological polar surface area (TPSA) is 56.1 Å². The Morgan fingerprint density at radius 1 is 1.67 bits per heavy atom. The van der Waals surface area contributed by atoms with Crippen molar-refractivity contribution in [1.29, 1.82) is 0 Å². The second-order valence-corrected chi connectivity index (χ2v) is 4.93. The van der Waals surface area contributed by atoms with Crippen LogP contribution in [0.4, 0.5) is 5.69 Å². The van der Waals surface area contributed by atoms with Crippen LogP contribution < -0.4 is 10.9 Å². The van der Waals surface area contributed by atoms with E-state index in [2.05, 4.69) is 17.3 Å². The highest BCUT2D eigenvalue weighted by atomic mass is 35.5. The summed E-state index contributed by atoms with van der Waals surface area (Å²) in [5.74, 6) is 0.468. The largest absolute Gasteiger partial charge is 0.382 e. The minimum Gasteiger partial charge on any atom is -0.382 e. The molecule has 1 N–H and O–H groups in total. The second kappa shape index (κ2) is 5.71. The van der Waals surface area contributed by atoms with Crippen molar-refractivity contribution in [2.45, 2.75) is 25.9 Å². The number of nitrogens with zero attached hydrogens (tertiary/aromatic N) is 2. The molecule has 2 rings (SSSR count). The van der Waals surface area contributed by atoms with Crippen molar-refractivity contribution in [2.24, 2.45) is 13.0 Å². The smallest absolute Gasteiger partial charge is 0.287 e. The second-order valence-electron chi connectivity index (χ2n) is 4.55. The number of aryl methyl sites for hydroxylation is 1. The maximum Gasteiger partial charge on any atom is 0.287 e. The van der Waals surface area contributed by atoms with Crippen LogP contribution in [0.25, 0.3) is 0 Å². The predicted octanol–water partition coefficient (Wildman–Crippen LogP) is 1.66. The molecule has 0 aliphatic carbocycles. The highest BCUT2D eigenvalue weighted by Gasteiger charge is 2.26. The molecule has 6 heteroatoms. The maximum absolute atomic E-state index is 11.6. The van der Waals surface area contributed by atoms with Crippen LogP contribution in [0.2, 0.25) is 5.02 Å². The zero-order chi connectivity index (χ0) is 13.1. The average Bonchev–Trinajstić information content (AvgIpc) is 2.82. The zero-order valence-corrected chi connectivity index (χ0v) is 11.4. The molecule has 100 valence electrons. The van der Waals surface area contributed by atoms with Crippen LogP contribution in [0.15, 0.2) is 11.0 Å². The molecule has 0 saturated carbocycles. The summed E-state index contributed by atoms with van der Waals surface area (Å²) >= 11 is 5.99. The molecule has 1 aliphatic rings. The van der Waals surface area contributed by atoms with E-state index in [0.29, 0.717) is 17.7 Å². The first-order valence-corrected chi connectivity index (χ1v) is 6.58. The third-order valence-electron chi connectivity index (χ3n) is 3.38. The van der Waals surface area contributed by atoms with Gasteiger partial charge in [0.25, 0.3) is 5.56 Å². The van der Waals surface area contributed by atoms with Crippen molar-refractivity contribution in [2.75, 3.05) is 18.5 Å². The number of halogens is 1. The summed E-state index contributed by atoms with van der Waals surface area (Å²) in [6, 6.07) is 0. The average molecular weight is 272 g/mol. The molecular formula is C12H18ClN3O2. The normalized spacial score (nSPS) is 23.3. The molecule has 5 nitrogen and oxygen atoms in total. The maximum atomic E-state index is 11.6. The van der Waals surface area contributed by atoms with Crippen molar-refractivity contribution < 1.29 is 4.74 Å². The van der Waals surface area contributed by atoms with Crippen molar-refractivity contribution in [3.63, 3.8) is 0 Å². The van der Waals surface area contributed by atoms with Gasteiger partial charge in [-0.05, 0) is 12.8 Å². The number of rotatable bonds is 4. The van der Waals surface area contributed by atoms with Crippen LogP contribution in [-0.2, 0) is 11.8 Å². The van der Waals surface area contributed by atoms with Gasteiger partial charge in [-0.25, -0.2) is 4.68 Å². The van der Waals surface area contributed by atoms with Crippen LogP contribution in [-0.4, -0.2) is 29.0 Å². The molecule has 0 bridgehead atoms. The molecule has 1 saturated heterocycles. The molecule has 1 fully saturated rings. The summed E-state index contributed by atoms with van der Waals surface area (Å²) < 4.78 is 6.85. The molecule has 1 aliphatic heterocycles. The van der Waals surface area contributed by atoms with Gasteiger partial charge < -0.3 is 10.1 Å². The summed E-state index contributed by atoms with van der Waals surface area (Å²) in [6.07, 6.45) is 3.94. The minimum atomic E-state index is -0.281. The van der Waals surface area contributed by atoms with E-state index >= 15 is 0 Å². The van der Waals surface area contributed by atoms with Gasteiger partial charge in [-0.3, -0.25) is 4.79 Å². The van der Waals surface area contributed by atoms with Gasteiger partial charge in [0.1, 0.15) is 5.02 Å². The van der Waals surface area contributed by atoms with Crippen LogP contribution in [0.5, 0.6) is 0 Å². The van der Waals surface area contributed by atoms with Crippen LogP contribution in [0, 0.1) is 5.92 Å². The fraction of sp³-hybridized carbons (Fsp3) is 0.667. The first-order chi connectivity index (χ1) is 8.63. The Morgan fingerprint density at radius 2 is 2.44 bits per heavy atom. The lowest BCUT2D eigenvalue weighted by atomic mass is 10.00. The summed E-state index contributed by atoms with van der Waals surface area (Å²) in [5, 5.41) is 7.34. The van der Waals surface area contributed by atoms with Gasteiger partial charge in [-0.1, -0.05) is 18.5 Å². The van der Waals surface area contributed by atoms with E-state index in [9.17, 15) is 4.79 Å². The molecule has 1 aromatic heterocycles. The first-order valence-electron chi connectivity index (χ1n) is 6.20. The number of nitrogens with one attached hydrogen (secondary N) is 1. The molecule has 2 atom stereocenters. The predicted molar refractivity (Wildman–Crippen MR) is 71.1 cm³/mol. The van der Waals surface area contributed by atoms with Gasteiger partial charge in [-0.15, -0.1) is 0 Å². The Labute approximate surface area is 111 Å². The molecule has 18 heavy (non-hydrogen) atoms. The quantitative estimate of drug-likeness (QED) is 0.905. The van der Waals surface area contributed by atoms with E-state index in [0.717, 1.165) is 26.0 Å². The monoisotopic (exact) mass is 271 g/mol. The van der Waals surface area contributed by atoms with Gasteiger partial charge >= 0.3 is 0 Å². The van der Waals surface area contributed by atoms with Crippen molar-refractivity contribution >= 4 is 17.3 Å². The Bertz CT molecular complexity index is 475. The number of hydrogen-bond donors (Lipinski definition) is 1. The summed E-state index contributed by atoms with van der Waals surface area (Å²) in [4.78, 5) is 11.6. The van der Waals surface area contributed by atoms with Crippen LogP contribution in [0.1, 0.15) is 19.8 Å². The third kappa shape index (κ3) is 2.67. The van der Waals surface area contributed by atoms with Crippen LogP contribution in [0.3, 0.4) is 0 Å². The molecule has 0 aromatic carbocycles. The number of ether oxygens (including phenoxy) is 1. The fourth-order valence-electron chi connectivity index (χ4n) is 2.25. The van der Waals surface area contributed by atoms with Crippen LogP contribution >= 0.6 is 11.6 Å². The fourth-order valence-corrected chi connectivity index (χ4v) is 2.49. The molecule has 0 spiro atoms. The van der Waals surface area contributed by atoms with E-state index in [1.165, 1.54) is 4.68 Å². The van der Waals surface area contributed by atoms with Gasteiger partial charge in [0, 0.05) is 26.1 Å². The number of hydrogen-bond acceptors (Lipinski definition) is 4. The Morgan fingerprint density at radius 3 is 3.17 bits per heavy atom. The SMILES string of the molecule is CCC1OCCC1CNc1cnn(C)c(=O)c1Cl. The van der Waals surface area contributed by atoms with Gasteiger partial charge in [-0.2, -0.15) is 5.10 Å². The number of aromatic nitrogens is 2. The highest BCUT2D eigenvalue weighted by Crippen LogP contribution is 2.24. The summed E-state index contributed by atoms with van der Waals surface area (Å²) in [5.41, 5.74) is 0.317. The van der Waals surface area contributed by atoms with Gasteiger partial charge in [0.15, 0.2) is 0 Å². The Hall–Kier alpha value is -1.07. The van der Waals surface area contributed by atoms with E-state index in [-0.39, 0.29) is 10.6 Å². The molecule has 2 unspecified atom stereocenters. The molecule has 0 amide bonds. The van der Waals surface area contributed by atoms with E-state index < -0.39 is 0 Å². The number of anilines is 1. The van der Waals surface area contributed by atoms with Crippen molar-refractivity contribution in [1.82, 2.24) is 9.78 Å². The van der Waals surface area contributed by atoms with Gasteiger partial charge in [0.2, 0.25) is 0 Å². The first kappa shape index (κ1) is 13.4. The Kier molecular flexibility index (Phi) is 4.24. The van der Waals surface area contributed by atoms with E-state index in [1.54, 1.807) is 13.2 Å². The molecule has 0 radical (unpaired) electrons. The lowest BCUT2D eigenvalue weighted by Crippen LogP contribution is -2.25.